The zero-order valence-corrected chi connectivity index (χ0v) is 19.5. The molecule has 0 aliphatic rings. The lowest BCUT2D eigenvalue weighted by Crippen LogP contribution is -2.26. The maximum absolute atomic E-state index is 13.0. The average Bonchev–Trinajstić information content (AvgIpc) is 3.25. The first-order valence-electron chi connectivity index (χ1n) is 10.3. The molecule has 0 unspecified atom stereocenters. The number of nitrogens with one attached hydrogen (secondary N) is 2. The number of nitrogens with zero attached hydrogens (tertiary/aromatic N) is 4. The molecule has 4 rings (SSSR count). The van der Waals surface area contributed by atoms with Gasteiger partial charge in [-0.05, 0) is 42.0 Å². The van der Waals surface area contributed by atoms with Crippen LogP contribution < -0.4 is 10.0 Å². The predicted molar refractivity (Wildman–Crippen MR) is 125 cm³/mol. The molecule has 2 heterocycles. The van der Waals surface area contributed by atoms with Gasteiger partial charge in [-0.25, -0.2) is 17.5 Å². The van der Waals surface area contributed by atoms with Gasteiger partial charge in [0.1, 0.15) is 10.8 Å². The maximum atomic E-state index is 13.0. The van der Waals surface area contributed by atoms with Crippen molar-refractivity contribution in [2.24, 2.45) is 0 Å². The third kappa shape index (κ3) is 6.16. The summed E-state index contributed by atoms with van der Waals surface area (Å²) in [6, 6.07) is 17.5. The standard InChI is InChI=1S/C22H21FN6O3S2/c23-17-8-6-16(7-9-17)14-24-21(30)15-33-22-11-10-19-26-27-20(29(19)28-22)12-13-25-34(31,32)18-4-2-1-3-5-18/h1-11,25H,12-15H2,(H,24,30). The van der Waals surface area contributed by atoms with E-state index in [1.54, 1.807) is 42.5 Å². The van der Waals surface area contributed by atoms with Gasteiger partial charge in [0.15, 0.2) is 11.5 Å². The predicted octanol–water partition coefficient (Wildman–Crippen LogP) is 2.19. The van der Waals surface area contributed by atoms with E-state index < -0.39 is 10.0 Å². The fourth-order valence-electron chi connectivity index (χ4n) is 3.02. The summed E-state index contributed by atoms with van der Waals surface area (Å²) in [5.74, 6) is 0.132. The molecule has 12 heteroatoms. The van der Waals surface area contributed by atoms with Crippen LogP contribution in [-0.2, 0) is 27.8 Å². The van der Waals surface area contributed by atoms with Crippen molar-refractivity contribution in [3.05, 3.63) is 83.9 Å². The Hall–Kier alpha value is -3.35. The smallest absolute Gasteiger partial charge is 0.240 e. The Morgan fingerprint density at radius 2 is 1.76 bits per heavy atom. The Bertz CT molecular complexity index is 1380. The topological polar surface area (TPSA) is 118 Å². The van der Waals surface area contributed by atoms with Crippen molar-refractivity contribution in [3.8, 4) is 0 Å². The van der Waals surface area contributed by atoms with E-state index in [4.69, 9.17) is 0 Å². The van der Waals surface area contributed by atoms with Crippen LogP contribution in [0.1, 0.15) is 11.4 Å². The largest absolute Gasteiger partial charge is 0.351 e. The van der Waals surface area contributed by atoms with Gasteiger partial charge in [-0.2, -0.15) is 9.61 Å². The van der Waals surface area contributed by atoms with Crippen LogP contribution in [0.15, 0.2) is 76.7 Å². The molecule has 0 saturated heterocycles. The number of hydrogen-bond acceptors (Lipinski definition) is 7. The monoisotopic (exact) mass is 500 g/mol. The minimum Gasteiger partial charge on any atom is -0.351 e. The molecule has 1 amide bonds. The van der Waals surface area contributed by atoms with E-state index in [2.05, 4.69) is 25.3 Å². The van der Waals surface area contributed by atoms with Gasteiger partial charge in [0.05, 0.1) is 10.6 Å². The normalized spacial score (nSPS) is 11.6. The molecule has 0 aliphatic heterocycles. The summed E-state index contributed by atoms with van der Waals surface area (Å²) in [7, 11) is -3.62. The van der Waals surface area contributed by atoms with Crippen LogP contribution in [0, 0.1) is 5.82 Å². The van der Waals surface area contributed by atoms with Crippen molar-refractivity contribution in [2.75, 3.05) is 12.3 Å². The molecule has 2 aromatic carbocycles. The van der Waals surface area contributed by atoms with Gasteiger partial charge in [0, 0.05) is 19.5 Å². The van der Waals surface area contributed by atoms with E-state index in [1.165, 1.54) is 40.5 Å². The molecule has 9 nitrogen and oxygen atoms in total. The molecule has 2 aromatic heterocycles. The third-order valence-corrected chi connectivity index (χ3v) is 7.15. The summed E-state index contributed by atoms with van der Waals surface area (Å²) < 4.78 is 41.8. The van der Waals surface area contributed by atoms with Crippen LogP contribution in [0.25, 0.3) is 5.65 Å². The van der Waals surface area contributed by atoms with Crippen molar-refractivity contribution in [2.45, 2.75) is 22.9 Å². The fourth-order valence-corrected chi connectivity index (χ4v) is 4.76. The van der Waals surface area contributed by atoms with E-state index in [9.17, 15) is 17.6 Å². The molecule has 0 spiro atoms. The molecule has 0 aliphatic carbocycles. The molecule has 4 aromatic rings. The average molecular weight is 501 g/mol. The first-order valence-corrected chi connectivity index (χ1v) is 12.8. The summed E-state index contributed by atoms with van der Waals surface area (Å²) in [5, 5.41) is 16.0. The number of halogens is 1. The van der Waals surface area contributed by atoms with E-state index in [0.717, 1.165) is 5.56 Å². The molecule has 0 fully saturated rings. The number of sulfonamides is 1. The van der Waals surface area contributed by atoms with Crippen molar-refractivity contribution in [1.29, 1.82) is 0 Å². The third-order valence-electron chi connectivity index (χ3n) is 4.75. The number of carbonyl (C=O) groups is 1. The molecule has 34 heavy (non-hydrogen) atoms. The molecule has 0 bridgehead atoms. The highest BCUT2D eigenvalue weighted by molar-refractivity contribution is 7.99. The summed E-state index contributed by atoms with van der Waals surface area (Å²) in [6.45, 7) is 0.434. The summed E-state index contributed by atoms with van der Waals surface area (Å²) in [5.41, 5.74) is 1.32. The van der Waals surface area contributed by atoms with E-state index in [0.29, 0.717) is 23.0 Å². The van der Waals surface area contributed by atoms with Crippen molar-refractivity contribution in [3.63, 3.8) is 0 Å². The molecule has 0 radical (unpaired) electrons. The van der Waals surface area contributed by atoms with Gasteiger partial charge in [-0.3, -0.25) is 4.79 Å². The van der Waals surface area contributed by atoms with E-state index in [1.807, 2.05) is 0 Å². The Labute approximate surface area is 199 Å². The molecule has 176 valence electrons. The Kier molecular flexibility index (Phi) is 7.50. The van der Waals surface area contributed by atoms with Crippen molar-refractivity contribution < 1.29 is 17.6 Å². The summed E-state index contributed by atoms with van der Waals surface area (Å²) >= 11 is 1.25. The fraction of sp³-hybridized carbons (Fsp3) is 0.182. The van der Waals surface area contributed by atoms with Gasteiger partial charge in [-0.15, -0.1) is 10.2 Å². The van der Waals surface area contributed by atoms with Crippen LogP contribution >= 0.6 is 11.8 Å². The minimum atomic E-state index is -3.62. The highest BCUT2D eigenvalue weighted by Gasteiger charge is 2.14. The molecular formula is C22H21FN6O3S2. The lowest BCUT2D eigenvalue weighted by atomic mass is 10.2. The zero-order valence-electron chi connectivity index (χ0n) is 17.9. The molecule has 0 saturated carbocycles. The Balaban J connectivity index is 1.32. The van der Waals surface area contributed by atoms with Gasteiger partial charge >= 0.3 is 0 Å². The number of fused-ring (bicyclic) bond motifs is 1. The highest BCUT2D eigenvalue weighted by atomic mass is 32.2. The molecule has 2 N–H and O–H groups in total. The van der Waals surface area contributed by atoms with E-state index in [-0.39, 0.29) is 35.3 Å². The first-order chi connectivity index (χ1) is 16.4. The van der Waals surface area contributed by atoms with Gasteiger partial charge in [0.2, 0.25) is 15.9 Å². The zero-order chi connectivity index (χ0) is 24.0. The van der Waals surface area contributed by atoms with Crippen LogP contribution in [-0.4, -0.2) is 46.4 Å². The first kappa shape index (κ1) is 23.8. The van der Waals surface area contributed by atoms with Crippen molar-refractivity contribution >= 4 is 33.3 Å². The number of thioether (sulfide) groups is 1. The second-order valence-electron chi connectivity index (χ2n) is 7.21. The van der Waals surface area contributed by atoms with Crippen LogP contribution in [0.3, 0.4) is 0 Å². The number of benzene rings is 2. The number of aromatic nitrogens is 4. The van der Waals surface area contributed by atoms with Crippen molar-refractivity contribution in [1.82, 2.24) is 29.9 Å². The van der Waals surface area contributed by atoms with Gasteiger partial charge < -0.3 is 5.32 Å². The van der Waals surface area contributed by atoms with Crippen LogP contribution in [0.4, 0.5) is 4.39 Å². The highest BCUT2D eigenvalue weighted by Crippen LogP contribution is 2.16. The Morgan fingerprint density at radius 3 is 2.53 bits per heavy atom. The number of amides is 1. The number of carbonyl (C=O) groups excluding carboxylic acids is 1. The second-order valence-corrected chi connectivity index (χ2v) is 9.97. The lowest BCUT2D eigenvalue weighted by molar-refractivity contribution is -0.118. The minimum absolute atomic E-state index is 0.128. The molecular weight excluding hydrogens is 479 g/mol. The van der Waals surface area contributed by atoms with Crippen LogP contribution in [0.5, 0.6) is 0 Å². The summed E-state index contributed by atoms with van der Waals surface area (Å²) in [6.07, 6.45) is 0.284. The summed E-state index contributed by atoms with van der Waals surface area (Å²) in [4.78, 5) is 12.3. The van der Waals surface area contributed by atoms with Crippen LogP contribution in [0.2, 0.25) is 0 Å². The van der Waals surface area contributed by atoms with E-state index >= 15 is 0 Å². The quantitative estimate of drug-likeness (QED) is 0.321. The Morgan fingerprint density at radius 1 is 1.00 bits per heavy atom. The number of hydrogen-bond donors (Lipinski definition) is 2. The second kappa shape index (κ2) is 10.7. The SMILES string of the molecule is O=C(CSc1ccc2nnc(CCNS(=O)(=O)c3ccccc3)n2n1)NCc1ccc(F)cc1. The van der Waals surface area contributed by atoms with Gasteiger partial charge in [-0.1, -0.05) is 42.1 Å². The molecule has 0 atom stereocenters. The lowest BCUT2D eigenvalue weighted by Gasteiger charge is -2.07. The maximum Gasteiger partial charge on any atom is 0.240 e. The van der Waals surface area contributed by atoms with Gasteiger partial charge in [0.25, 0.3) is 0 Å². The number of rotatable bonds is 10.